The molecule has 5 nitrogen and oxygen atoms in total. The Balaban J connectivity index is 1.78. The molecular formula is C20H17N3O2. The normalized spacial score (nSPS) is 12.5. The van der Waals surface area contributed by atoms with Crippen LogP contribution in [0.5, 0.6) is 0 Å². The van der Waals surface area contributed by atoms with Crippen LogP contribution in [0.4, 0.5) is 5.82 Å². The van der Waals surface area contributed by atoms with Gasteiger partial charge in [0.25, 0.3) is 0 Å². The van der Waals surface area contributed by atoms with Crippen molar-refractivity contribution in [2.45, 2.75) is 13.0 Å². The minimum atomic E-state index is -0.820. The third-order valence-corrected chi connectivity index (χ3v) is 4.31. The number of carboxylic acids is 1. The first-order chi connectivity index (χ1) is 12.2. The zero-order valence-electron chi connectivity index (χ0n) is 13.5. The predicted octanol–water partition coefficient (Wildman–Crippen LogP) is 3.73. The highest BCUT2D eigenvalue weighted by Gasteiger charge is 2.19. The van der Waals surface area contributed by atoms with E-state index in [1.807, 2.05) is 42.5 Å². The maximum atomic E-state index is 10.8. The van der Waals surface area contributed by atoms with Crippen LogP contribution < -0.4 is 5.32 Å². The molecule has 0 saturated heterocycles. The second-order valence-electron chi connectivity index (χ2n) is 5.96. The number of carboxylic acid groups (broad SMARTS) is 1. The molecule has 0 spiro atoms. The van der Waals surface area contributed by atoms with Crippen molar-refractivity contribution in [1.82, 2.24) is 4.57 Å². The first-order valence-corrected chi connectivity index (χ1v) is 8.08. The fourth-order valence-electron chi connectivity index (χ4n) is 3.12. The molecule has 0 radical (unpaired) electrons. The highest BCUT2D eigenvalue weighted by molar-refractivity contribution is 5.85. The Kier molecular flexibility index (Phi) is 3.82. The maximum Gasteiger partial charge on any atom is 0.307 e. The molecule has 1 aliphatic rings. The molecule has 3 aromatic rings. The molecule has 0 saturated carbocycles. The Morgan fingerprint density at radius 1 is 1.12 bits per heavy atom. The van der Waals surface area contributed by atoms with Crippen LogP contribution in [0, 0.1) is 0 Å². The van der Waals surface area contributed by atoms with Crippen molar-refractivity contribution in [1.29, 1.82) is 0 Å². The van der Waals surface area contributed by atoms with E-state index in [4.69, 9.17) is 5.11 Å². The second-order valence-corrected chi connectivity index (χ2v) is 5.96. The summed E-state index contributed by atoms with van der Waals surface area (Å²) in [6, 6.07) is 17.8. The molecule has 124 valence electrons. The summed E-state index contributed by atoms with van der Waals surface area (Å²) in [5.41, 5.74) is 5.17. The van der Waals surface area contributed by atoms with Gasteiger partial charge < -0.3 is 15.0 Å². The number of anilines is 1. The standard InChI is InChI=1S/C20H17N3O2/c24-19(25)10-14-6-8-15(9-7-14)18-12-23(16-4-2-1-3-5-16)20-17(18)11-21-13-22-20/h1-9,12-13H,10-11H2,(H,21,22)(H,24,25). The number of hydrogen-bond acceptors (Lipinski definition) is 3. The fraction of sp³-hybridized carbons (Fsp3) is 0.100. The third-order valence-electron chi connectivity index (χ3n) is 4.31. The van der Waals surface area contributed by atoms with Gasteiger partial charge in [0.15, 0.2) is 0 Å². The van der Waals surface area contributed by atoms with Crippen molar-refractivity contribution >= 4 is 18.1 Å². The summed E-state index contributed by atoms with van der Waals surface area (Å²) in [5.74, 6) is 0.199. The molecule has 0 atom stereocenters. The van der Waals surface area contributed by atoms with E-state index in [1.54, 1.807) is 6.34 Å². The number of nitrogens with zero attached hydrogens (tertiary/aromatic N) is 2. The molecule has 5 heteroatoms. The van der Waals surface area contributed by atoms with Gasteiger partial charge in [0.1, 0.15) is 5.82 Å². The van der Waals surface area contributed by atoms with Gasteiger partial charge in [-0.2, -0.15) is 0 Å². The van der Waals surface area contributed by atoms with Gasteiger partial charge in [-0.3, -0.25) is 9.79 Å². The lowest BCUT2D eigenvalue weighted by molar-refractivity contribution is -0.136. The Morgan fingerprint density at radius 3 is 2.60 bits per heavy atom. The van der Waals surface area contributed by atoms with E-state index < -0.39 is 5.97 Å². The molecule has 2 heterocycles. The number of nitrogens with one attached hydrogen (secondary N) is 1. The molecule has 2 N–H and O–H groups in total. The average molecular weight is 331 g/mol. The zero-order valence-corrected chi connectivity index (χ0v) is 13.5. The molecule has 1 aromatic heterocycles. The Labute approximate surface area is 145 Å². The number of fused-ring (bicyclic) bond motifs is 1. The van der Waals surface area contributed by atoms with E-state index in [9.17, 15) is 4.79 Å². The highest BCUT2D eigenvalue weighted by atomic mass is 16.4. The van der Waals surface area contributed by atoms with Crippen LogP contribution in [-0.4, -0.2) is 22.0 Å². The highest BCUT2D eigenvalue weighted by Crippen LogP contribution is 2.35. The summed E-state index contributed by atoms with van der Waals surface area (Å²) in [6.07, 6.45) is 3.87. The monoisotopic (exact) mass is 331 g/mol. The molecule has 0 bridgehead atoms. The number of aliphatic carboxylic acids is 1. The summed E-state index contributed by atoms with van der Waals surface area (Å²) >= 11 is 0. The van der Waals surface area contributed by atoms with Crippen molar-refractivity contribution in [2.24, 2.45) is 4.99 Å². The van der Waals surface area contributed by atoms with Crippen molar-refractivity contribution in [3.05, 3.63) is 71.9 Å². The van der Waals surface area contributed by atoms with Gasteiger partial charge in [-0.1, -0.05) is 42.5 Å². The molecule has 1 aliphatic heterocycles. The molecule has 0 amide bonds. The van der Waals surface area contributed by atoms with E-state index in [0.717, 1.165) is 33.8 Å². The van der Waals surface area contributed by atoms with Crippen LogP contribution >= 0.6 is 0 Å². The molecule has 0 fully saturated rings. The summed E-state index contributed by atoms with van der Waals surface area (Å²) in [6.45, 7) is 0.619. The average Bonchev–Trinajstić information content (AvgIpc) is 3.02. The summed E-state index contributed by atoms with van der Waals surface area (Å²) in [5, 5.41) is 12.2. The minimum Gasteiger partial charge on any atom is -0.481 e. The van der Waals surface area contributed by atoms with Gasteiger partial charge in [-0.15, -0.1) is 0 Å². The van der Waals surface area contributed by atoms with Gasteiger partial charge in [0.05, 0.1) is 19.3 Å². The van der Waals surface area contributed by atoms with Gasteiger partial charge in [-0.25, -0.2) is 0 Å². The van der Waals surface area contributed by atoms with Gasteiger partial charge in [0, 0.05) is 23.0 Å². The largest absolute Gasteiger partial charge is 0.481 e. The molecule has 2 aromatic carbocycles. The Hall–Kier alpha value is -3.34. The SMILES string of the molecule is O=C(O)Cc1ccc(-c2cn(-c3ccccc3)c3c2CN=CN3)cc1. The van der Waals surface area contributed by atoms with Crippen molar-refractivity contribution in [2.75, 3.05) is 5.32 Å². The molecule has 4 rings (SSSR count). The molecular weight excluding hydrogens is 314 g/mol. The molecule has 25 heavy (non-hydrogen) atoms. The van der Waals surface area contributed by atoms with Crippen LogP contribution in [0.25, 0.3) is 16.8 Å². The van der Waals surface area contributed by atoms with E-state index in [2.05, 4.69) is 33.2 Å². The third kappa shape index (κ3) is 2.92. The number of benzene rings is 2. The van der Waals surface area contributed by atoms with Crippen LogP contribution in [0.15, 0.2) is 65.8 Å². The van der Waals surface area contributed by atoms with E-state index >= 15 is 0 Å². The number of aromatic nitrogens is 1. The Morgan fingerprint density at radius 2 is 1.88 bits per heavy atom. The first kappa shape index (κ1) is 15.2. The number of aliphatic imine (C=N–C) groups is 1. The van der Waals surface area contributed by atoms with Crippen LogP contribution in [0.2, 0.25) is 0 Å². The molecule has 0 unspecified atom stereocenters. The summed E-state index contributed by atoms with van der Waals surface area (Å²) in [7, 11) is 0. The zero-order chi connectivity index (χ0) is 17.2. The van der Waals surface area contributed by atoms with Gasteiger partial charge in [0.2, 0.25) is 0 Å². The summed E-state index contributed by atoms with van der Waals surface area (Å²) < 4.78 is 2.13. The number of hydrogen-bond donors (Lipinski definition) is 2. The number of para-hydroxylation sites is 1. The van der Waals surface area contributed by atoms with E-state index in [1.165, 1.54) is 0 Å². The van der Waals surface area contributed by atoms with Crippen LogP contribution in [-0.2, 0) is 17.8 Å². The van der Waals surface area contributed by atoms with Crippen LogP contribution in [0.1, 0.15) is 11.1 Å². The predicted molar refractivity (Wildman–Crippen MR) is 98.4 cm³/mol. The number of carbonyl (C=O) groups is 1. The lowest BCUT2D eigenvalue weighted by Gasteiger charge is -2.13. The van der Waals surface area contributed by atoms with Crippen molar-refractivity contribution < 1.29 is 9.90 Å². The molecule has 0 aliphatic carbocycles. The lowest BCUT2D eigenvalue weighted by Crippen LogP contribution is -2.08. The topological polar surface area (TPSA) is 66.6 Å². The second kappa shape index (κ2) is 6.28. The van der Waals surface area contributed by atoms with Gasteiger partial charge in [-0.05, 0) is 23.3 Å². The van der Waals surface area contributed by atoms with E-state index in [0.29, 0.717) is 6.54 Å². The Bertz CT molecular complexity index is 941. The van der Waals surface area contributed by atoms with Crippen molar-refractivity contribution in [3.63, 3.8) is 0 Å². The van der Waals surface area contributed by atoms with E-state index in [-0.39, 0.29) is 6.42 Å². The van der Waals surface area contributed by atoms with Crippen LogP contribution in [0.3, 0.4) is 0 Å². The smallest absolute Gasteiger partial charge is 0.307 e. The quantitative estimate of drug-likeness (QED) is 0.765. The first-order valence-electron chi connectivity index (χ1n) is 8.08. The number of rotatable bonds is 4. The maximum absolute atomic E-state index is 10.8. The van der Waals surface area contributed by atoms with Gasteiger partial charge >= 0.3 is 5.97 Å². The fourth-order valence-corrected chi connectivity index (χ4v) is 3.12. The summed E-state index contributed by atoms with van der Waals surface area (Å²) in [4.78, 5) is 15.2. The lowest BCUT2D eigenvalue weighted by atomic mass is 10.0. The minimum absolute atomic E-state index is 0.0370. The van der Waals surface area contributed by atoms with Crippen molar-refractivity contribution in [3.8, 4) is 16.8 Å².